The van der Waals surface area contributed by atoms with E-state index in [9.17, 15) is 4.79 Å². The molecule has 1 fully saturated rings. The van der Waals surface area contributed by atoms with E-state index in [4.69, 9.17) is 9.84 Å². The molecule has 3 heterocycles. The van der Waals surface area contributed by atoms with Gasteiger partial charge in [-0.25, -0.2) is 4.79 Å². The topological polar surface area (TPSA) is 76.7 Å². The summed E-state index contributed by atoms with van der Waals surface area (Å²) in [7, 11) is 0. The average Bonchev–Trinajstić information content (AvgIpc) is 2.83. The first kappa shape index (κ1) is 12.1. The van der Waals surface area contributed by atoms with Gasteiger partial charge in [0.05, 0.1) is 0 Å². The van der Waals surface area contributed by atoms with Gasteiger partial charge in [-0.05, 0) is 30.9 Å². The van der Waals surface area contributed by atoms with E-state index in [0.29, 0.717) is 11.6 Å². The number of nitrogens with zero attached hydrogens (tertiary/aromatic N) is 3. The number of rotatable bonds is 3. The Bertz CT molecular complexity index is 602. The minimum atomic E-state index is -0.981. The van der Waals surface area contributed by atoms with Gasteiger partial charge < -0.3 is 9.84 Å². The molecule has 1 atom stereocenters. The number of carboxylic acids is 1. The van der Waals surface area contributed by atoms with Crippen molar-refractivity contribution < 1.29 is 14.6 Å². The van der Waals surface area contributed by atoms with Crippen LogP contribution in [0.25, 0.3) is 5.65 Å². The molecule has 100 valence electrons. The van der Waals surface area contributed by atoms with Crippen molar-refractivity contribution in [3.8, 4) is 0 Å². The molecule has 1 aliphatic heterocycles. The first-order valence-electron chi connectivity index (χ1n) is 6.39. The molecule has 0 bridgehead atoms. The minimum absolute atomic E-state index is 0.182. The summed E-state index contributed by atoms with van der Waals surface area (Å²) in [6.45, 7) is 1.58. The van der Waals surface area contributed by atoms with Gasteiger partial charge in [-0.3, -0.25) is 4.40 Å². The first-order valence-corrected chi connectivity index (χ1v) is 6.39. The monoisotopic (exact) mass is 261 g/mol. The third kappa shape index (κ3) is 2.31. The lowest BCUT2D eigenvalue weighted by Crippen LogP contribution is -2.20. The molecule has 0 radical (unpaired) electrons. The van der Waals surface area contributed by atoms with E-state index in [-0.39, 0.29) is 5.56 Å². The summed E-state index contributed by atoms with van der Waals surface area (Å²) in [5.41, 5.74) is 0.586. The van der Waals surface area contributed by atoms with Crippen LogP contribution >= 0.6 is 0 Å². The summed E-state index contributed by atoms with van der Waals surface area (Å²) in [5, 5.41) is 17.2. The molecule has 0 saturated carbocycles. The quantitative estimate of drug-likeness (QED) is 0.903. The lowest BCUT2D eigenvalue weighted by atomic mass is 9.98. The summed E-state index contributed by atoms with van der Waals surface area (Å²) in [4.78, 5) is 11.1. The van der Waals surface area contributed by atoms with Crippen molar-refractivity contribution in [3.05, 3.63) is 29.7 Å². The van der Waals surface area contributed by atoms with Gasteiger partial charge in [0.2, 0.25) is 0 Å². The molecule has 0 amide bonds. The molecular weight excluding hydrogens is 246 g/mol. The molecule has 3 rings (SSSR count). The lowest BCUT2D eigenvalue weighted by molar-refractivity contribution is 0.0542. The highest BCUT2D eigenvalue weighted by Gasteiger charge is 2.19. The number of hydrogen-bond acceptors (Lipinski definition) is 4. The molecular formula is C13H15N3O3. The summed E-state index contributed by atoms with van der Waals surface area (Å²) in [6.07, 6.45) is 4.76. The highest BCUT2D eigenvalue weighted by molar-refractivity contribution is 5.94. The van der Waals surface area contributed by atoms with Crippen LogP contribution in [-0.4, -0.2) is 38.9 Å². The van der Waals surface area contributed by atoms with Gasteiger partial charge in [0, 0.05) is 25.8 Å². The maximum absolute atomic E-state index is 11.1. The van der Waals surface area contributed by atoms with Crippen LogP contribution in [0.1, 0.15) is 29.0 Å². The van der Waals surface area contributed by atoms with Crippen molar-refractivity contribution in [2.45, 2.75) is 19.3 Å². The Balaban J connectivity index is 1.92. The fraction of sp³-hybridized carbons (Fsp3) is 0.462. The Morgan fingerprint density at radius 3 is 3.16 bits per heavy atom. The lowest BCUT2D eigenvalue weighted by Gasteiger charge is -2.21. The molecule has 1 aliphatic rings. The smallest absolute Gasteiger partial charge is 0.339 e. The van der Waals surface area contributed by atoms with Gasteiger partial charge in [-0.1, -0.05) is 0 Å². The fourth-order valence-corrected chi connectivity index (χ4v) is 2.50. The summed E-state index contributed by atoms with van der Waals surface area (Å²) < 4.78 is 7.22. The molecule has 6 nitrogen and oxygen atoms in total. The Hall–Kier alpha value is -1.95. The van der Waals surface area contributed by atoms with E-state index >= 15 is 0 Å². The molecule has 1 saturated heterocycles. The van der Waals surface area contributed by atoms with Gasteiger partial charge >= 0.3 is 5.97 Å². The summed E-state index contributed by atoms with van der Waals surface area (Å²) in [5.74, 6) is 0.258. The number of ether oxygens (including phenoxy) is 1. The Morgan fingerprint density at radius 1 is 1.53 bits per heavy atom. The second kappa shape index (κ2) is 4.97. The predicted octanol–water partition coefficient (Wildman–Crippen LogP) is 1.40. The Morgan fingerprint density at radius 2 is 2.42 bits per heavy atom. The van der Waals surface area contributed by atoms with E-state index in [1.165, 1.54) is 0 Å². The van der Waals surface area contributed by atoms with Gasteiger partial charge in [0.25, 0.3) is 0 Å². The van der Waals surface area contributed by atoms with Crippen molar-refractivity contribution in [3.63, 3.8) is 0 Å². The predicted molar refractivity (Wildman–Crippen MR) is 67.2 cm³/mol. The number of carbonyl (C=O) groups is 1. The molecule has 1 N–H and O–H groups in total. The zero-order valence-electron chi connectivity index (χ0n) is 10.5. The number of fused-ring (bicyclic) bond motifs is 1. The first-order chi connectivity index (χ1) is 9.25. The van der Waals surface area contributed by atoms with Crippen molar-refractivity contribution in [1.29, 1.82) is 0 Å². The third-order valence-electron chi connectivity index (χ3n) is 3.46. The average molecular weight is 261 g/mol. The number of carboxylic acid groups (broad SMARTS) is 1. The summed E-state index contributed by atoms with van der Waals surface area (Å²) >= 11 is 0. The Kier molecular flexibility index (Phi) is 3.16. The fourth-order valence-electron chi connectivity index (χ4n) is 2.50. The van der Waals surface area contributed by atoms with E-state index in [2.05, 4.69) is 10.2 Å². The third-order valence-corrected chi connectivity index (χ3v) is 3.46. The van der Waals surface area contributed by atoms with Gasteiger partial charge in [0.15, 0.2) is 5.65 Å². The molecule has 1 unspecified atom stereocenters. The van der Waals surface area contributed by atoms with Crippen molar-refractivity contribution in [2.75, 3.05) is 13.2 Å². The van der Waals surface area contributed by atoms with Crippen LogP contribution in [0.2, 0.25) is 0 Å². The minimum Gasteiger partial charge on any atom is -0.478 e. The number of pyridine rings is 1. The van der Waals surface area contributed by atoms with Crippen LogP contribution in [0.3, 0.4) is 0 Å². The van der Waals surface area contributed by atoms with Crippen LogP contribution in [0.4, 0.5) is 0 Å². The van der Waals surface area contributed by atoms with Crippen LogP contribution in [0.15, 0.2) is 18.3 Å². The zero-order chi connectivity index (χ0) is 13.2. The molecule has 6 heteroatoms. The largest absolute Gasteiger partial charge is 0.478 e. The van der Waals surface area contributed by atoms with Crippen LogP contribution in [0.5, 0.6) is 0 Å². The van der Waals surface area contributed by atoms with Gasteiger partial charge in [-0.15, -0.1) is 10.2 Å². The highest BCUT2D eigenvalue weighted by Crippen LogP contribution is 2.19. The normalized spacial score (nSPS) is 19.7. The molecule has 0 aliphatic carbocycles. The van der Waals surface area contributed by atoms with E-state index in [1.807, 2.05) is 0 Å². The highest BCUT2D eigenvalue weighted by atomic mass is 16.5. The molecule has 0 spiro atoms. The maximum atomic E-state index is 11.1. The van der Waals surface area contributed by atoms with Crippen LogP contribution in [0, 0.1) is 5.92 Å². The maximum Gasteiger partial charge on any atom is 0.339 e. The van der Waals surface area contributed by atoms with Crippen LogP contribution < -0.4 is 0 Å². The zero-order valence-corrected chi connectivity index (χ0v) is 10.5. The summed E-state index contributed by atoms with van der Waals surface area (Å²) in [6, 6.07) is 3.25. The second-order valence-electron chi connectivity index (χ2n) is 4.82. The Labute approximate surface area is 110 Å². The van der Waals surface area contributed by atoms with E-state index < -0.39 is 5.97 Å². The number of hydrogen-bond donors (Lipinski definition) is 1. The van der Waals surface area contributed by atoms with E-state index in [1.54, 1.807) is 22.7 Å². The molecule has 2 aromatic rings. The molecule has 2 aromatic heterocycles. The van der Waals surface area contributed by atoms with Crippen molar-refractivity contribution >= 4 is 11.6 Å². The van der Waals surface area contributed by atoms with Gasteiger partial charge in [-0.2, -0.15) is 0 Å². The molecule has 19 heavy (non-hydrogen) atoms. The van der Waals surface area contributed by atoms with Crippen molar-refractivity contribution in [2.24, 2.45) is 5.92 Å². The molecule has 0 aromatic carbocycles. The second-order valence-corrected chi connectivity index (χ2v) is 4.82. The van der Waals surface area contributed by atoms with Crippen molar-refractivity contribution in [1.82, 2.24) is 14.6 Å². The number of aromatic carboxylic acids is 1. The van der Waals surface area contributed by atoms with Crippen LogP contribution in [-0.2, 0) is 11.2 Å². The SMILES string of the molecule is O=C(O)c1cccn2c(CC3CCCOC3)nnc12. The standard InChI is InChI=1S/C13H15N3O3/c17-13(18)10-4-1-5-16-11(14-15-12(10)16)7-9-3-2-6-19-8-9/h1,4-5,9H,2-3,6-8H2,(H,17,18). The van der Waals surface area contributed by atoms with E-state index in [0.717, 1.165) is 38.3 Å². The number of aromatic nitrogens is 3. The van der Waals surface area contributed by atoms with Gasteiger partial charge in [0.1, 0.15) is 11.4 Å².